The van der Waals surface area contributed by atoms with Crippen molar-refractivity contribution in [1.29, 1.82) is 0 Å². The summed E-state index contributed by atoms with van der Waals surface area (Å²) in [5, 5.41) is 11.3. The summed E-state index contributed by atoms with van der Waals surface area (Å²) >= 11 is 3.01. The second kappa shape index (κ2) is 5.51. The third kappa shape index (κ3) is 3.83. The fourth-order valence-corrected chi connectivity index (χ4v) is 2.61. The first-order valence-corrected chi connectivity index (χ1v) is 6.73. The zero-order valence-corrected chi connectivity index (χ0v) is 10.7. The van der Waals surface area contributed by atoms with Crippen LogP contribution in [-0.4, -0.2) is 21.3 Å². The van der Waals surface area contributed by atoms with E-state index in [0.717, 1.165) is 11.4 Å². The van der Waals surface area contributed by atoms with E-state index in [1.807, 2.05) is 17.1 Å². The van der Waals surface area contributed by atoms with Gasteiger partial charge in [0, 0.05) is 16.4 Å². The van der Waals surface area contributed by atoms with E-state index in [-0.39, 0.29) is 5.01 Å². The molecule has 0 aromatic carbocycles. The average Bonchev–Trinajstić information content (AvgIpc) is 2.62. The van der Waals surface area contributed by atoms with Crippen LogP contribution in [0.5, 0.6) is 0 Å². The first kappa shape index (κ1) is 12.5. The van der Waals surface area contributed by atoms with Crippen LogP contribution in [0.25, 0.3) is 0 Å². The van der Waals surface area contributed by atoms with E-state index in [1.54, 1.807) is 0 Å². The maximum Gasteiger partial charge on any atom is 0.365 e. The Morgan fingerprint density at radius 1 is 1.60 bits per heavy atom. The second-order valence-electron chi connectivity index (χ2n) is 3.71. The van der Waals surface area contributed by atoms with Crippen molar-refractivity contribution in [3.63, 3.8) is 0 Å². The molecule has 0 radical (unpaired) electrons. The lowest BCUT2D eigenvalue weighted by Gasteiger charge is -2.13. The minimum Gasteiger partial charge on any atom is -0.476 e. The second-order valence-corrected chi connectivity index (χ2v) is 5.93. The number of rotatable bonds is 5. The summed E-state index contributed by atoms with van der Waals surface area (Å²) in [7, 11) is 0. The highest BCUT2D eigenvalue weighted by Crippen LogP contribution is 2.23. The molecule has 1 atom stereocenters. The lowest BCUT2D eigenvalue weighted by molar-refractivity contribution is 0.0696. The van der Waals surface area contributed by atoms with Crippen LogP contribution in [0.15, 0.2) is 5.38 Å². The number of thiazole rings is 1. The van der Waals surface area contributed by atoms with Gasteiger partial charge in [0.25, 0.3) is 0 Å². The van der Waals surface area contributed by atoms with Gasteiger partial charge in [-0.1, -0.05) is 20.8 Å². The lowest BCUT2D eigenvalue weighted by atomic mass is 10.2. The summed E-state index contributed by atoms with van der Waals surface area (Å²) in [4.78, 5) is 14.6. The smallest absolute Gasteiger partial charge is 0.365 e. The summed E-state index contributed by atoms with van der Waals surface area (Å²) in [6, 6.07) is 0. The van der Waals surface area contributed by atoms with E-state index < -0.39 is 5.97 Å². The summed E-state index contributed by atoms with van der Waals surface area (Å²) in [5.41, 5.74) is 0.870. The molecular weight excluding hydrogens is 230 g/mol. The summed E-state index contributed by atoms with van der Waals surface area (Å²) in [6.45, 7) is 6.54. The number of carbonyl (C=O) groups is 1. The third-order valence-electron chi connectivity index (χ3n) is 2.17. The zero-order valence-electron chi connectivity index (χ0n) is 9.06. The first-order valence-electron chi connectivity index (χ1n) is 4.80. The molecule has 0 amide bonds. The largest absolute Gasteiger partial charge is 0.476 e. The monoisotopic (exact) mass is 245 g/mol. The maximum absolute atomic E-state index is 10.6. The Bertz CT molecular complexity index is 336. The molecule has 1 heterocycles. The van der Waals surface area contributed by atoms with Gasteiger partial charge in [0.1, 0.15) is 0 Å². The van der Waals surface area contributed by atoms with Gasteiger partial charge >= 0.3 is 5.97 Å². The van der Waals surface area contributed by atoms with Crippen LogP contribution in [0, 0.1) is 5.92 Å². The van der Waals surface area contributed by atoms with E-state index in [0.29, 0.717) is 11.2 Å². The number of carboxylic acid groups (broad SMARTS) is 1. The van der Waals surface area contributed by atoms with E-state index in [4.69, 9.17) is 5.11 Å². The van der Waals surface area contributed by atoms with Gasteiger partial charge in [-0.25, -0.2) is 9.78 Å². The highest BCUT2D eigenvalue weighted by Gasteiger charge is 2.11. The normalized spacial score (nSPS) is 13.1. The fourth-order valence-electron chi connectivity index (χ4n) is 0.881. The molecule has 3 nitrogen and oxygen atoms in total. The summed E-state index contributed by atoms with van der Waals surface area (Å²) in [6.07, 6.45) is 0. The van der Waals surface area contributed by atoms with Crippen molar-refractivity contribution in [2.45, 2.75) is 31.8 Å². The van der Waals surface area contributed by atoms with Gasteiger partial charge in [0.05, 0.1) is 5.69 Å². The number of aromatic carboxylic acids is 1. The average molecular weight is 245 g/mol. The molecule has 5 heteroatoms. The fraction of sp³-hybridized carbons (Fsp3) is 0.600. The number of thioether (sulfide) groups is 1. The molecule has 0 saturated heterocycles. The molecular formula is C10H15NO2S2. The predicted octanol–water partition coefficient (Wildman–Crippen LogP) is 3.12. The van der Waals surface area contributed by atoms with Crippen molar-refractivity contribution in [2.24, 2.45) is 5.92 Å². The first-order chi connectivity index (χ1) is 7.00. The van der Waals surface area contributed by atoms with Crippen LogP contribution in [0.3, 0.4) is 0 Å². The van der Waals surface area contributed by atoms with Gasteiger partial charge in [0.15, 0.2) is 0 Å². The Kier molecular flexibility index (Phi) is 4.60. The van der Waals surface area contributed by atoms with Crippen molar-refractivity contribution in [3.8, 4) is 0 Å². The van der Waals surface area contributed by atoms with Crippen molar-refractivity contribution in [3.05, 3.63) is 16.1 Å². The minimum atomic E-state index is -0.937. The molecule has 0 aliphatic rings. The number of carboxylic acids is 1. The summed E-state index contributed by atoms with van der Waals surface area (Å²) in [5.74, 6) is 0.490. The van der Waals surface area contributed by atoms with Crippen LogP contribution in [-0.2, 0) is 5.75 Å². The Labute approximate surface area is 97.9 Å². The van der Waals surface area contributed by atoms with Crippen molar-refractivity contribution in [1.82, 2.24) is 4.98 Å². The lowest BCUT2D eigenvalue weighted by Crippen LogP contribution is -2.06. The van der Waals surface area contributed by atoms with E-state index in [2.05, 4.69) is 25.8 Å². The Morgan fingerprint density at radius 2 is 2.27 bits per heavy atom. The number of aromatic nitrogens is 1. The number of nitrogens with zero attached hydrogens (tertiary/aromatic N) is 1. The minimum absolute atomic E-state index is 0.183. The Hall–Kier alpha value is -0.550. The molecule has 1 N–H and O–H groups in total. The molecule has 1 aromatic rings. The maximum atomic E-state index is 10.6. The Balaban J connectivity index is 2.48. The van der Waals surface area contributed by atoms with Gasteiger partial charge in [-0.05, 0) is 5.92 Å². The molecule has 84 valence electrons. The van der Waals surface area contributed by atoms with Crippen molar-refractivity contribution < 1.29 is 9.90 Å². The van der Waals surface area contributed by atoms with Crippen LogP contribution in [0.2, 0.25) is 0 Å². The van der Waals surface area contributed by atoms with Crippen LogP contribution < -0.4 is 0 Å². The molecule has 15 heavy (non-hydrogen) atoms. The molecule has 0 fully saturated rings. The van der Waals surface area contributed by atoms with Crippen LogP contribution in [0.4, 0.5) is 0 Å². The van der Waals surface area contributed by atoms with Crippen LogP contribution >= 0.6 is 23.1 Å². The molecule has 1 rings (SSSR count). The predicted molar refractivity (Wildman–Crippen MR) is 64.7 cm³/mol. The van der Waals surface area contributed by atoms with Gasteiger partial charge in [0.2, 0.25) is 5.01 Å². The van der Waals surface area contributed by atoms with Crippen LogP contribution in [0.1, 0.15) is 36.3 Å². The van der Waals surface area contributed by atoms with Crippen molar-refractivity contribution >= 4 is 29.1 Å². The molecule has 1 unspecified atom stereocenters. The highest BCUT2D eigenvalue weighted by molar-refractivity contribution is 7.99. The van der Waals surface area contributed by atoms with E-state index in [1.165, 1.54) is 11.3 Å². The SMILES string of the molecule is CC(C)C(C)SCc1csc(C(=O)O)n1. The van der Waals surface area contributed by atoms with Gasteiger partial charge < -0.3 is 5.11 Å². The highest BCUT2D eigenvalue weighted by atomic mass is 32.2. The van der Waals surface area contributed by atoms with Crippen molar-refractivity contribution in [2.75, 3.05) is 0 Å². The molecule has 0 bridgehead atoms. The Morgan fingerprint density at radius 3 is 2.73 bits per heavy atom. The number of hydrogen-bond donors (Lipinski definition) is 1. The number of hydrogen-bond acceptors (Lipinski definition) is 4. The molecule has 0 saturated carbocycles. The van der Waals surface area contributed by atoms with E-state index >= 15 is 0 Å². The zero-order chi connectivity index (χ0) is 11.4. The molecule has 0 spiro atoms. The molecule has 0 aliphatic heterocycles. The third-order valence-corrected chi connectivity index (χ3v) is 4.58. The summed E-state index contributed by atoms with van der Waals surface area (Å²) < 4.78 is 0. The molecule has 0 aliphatic carbocycles. The standard InChI is InChI=1S/C10H15NO2S2/c1-6(2)7(3)14-4-8-5-15-9(11-8)10(12)13/h5-7H,4H2,1-3H3,(H,12,13). The van der Waals surface area contributed by atoms with Gasteiger partial charge in [-0.2, -0.15) is 11.8 Å². The topological polar surface area (TPSA) is 50.2 Å². The molecule has 1 aromatic heterocycles. The van der Waals surface area contributed by atoms with Gasteiger partial charge in [-0.15, -0.1) is 11.3 Å². The quantitative estimate of drug-likeness (QED) is 0.866. The van der Waals surface area contributed by atoms with Gasteiger partial charge in [-0.3, -0.25) is 0 Å². The van der Waals surface area contributed by atoms with E-state index in [9.17, 15) is 4.79 Å².